The zero-order valence-electron chi connectivity index (χ0n) is 21.2. The molecule has 1 N–H and O–H groups in total. The van der Waals surface area contributed by atoms with Gasteiger partial charge in [-0.1, -0.05) is 78.4 Å². The van der Waals surface area contributed by atoms with Crippen LogP contribution in [0.15, 0.2) is 78.9 Å². The van der Waals surface area contributed by atoms with E-state index in [1.54, 1.807) is 23.1 Å². The molecule has 0 aliphatic rings. The Hall–Kier alpha value is -4.00. The summed E-state index contributed by atoms with van der Waals surface area (Å²) in [7, 11) is 0. The number of rotatable bonds is 9. The summed E-state index contributed by atoms with van der Waals surface area (Å²) in [6.07, 6.45) is 0.133. The van der Waals surface area contributed by atoms with Crippen LogP contribution in [0.25, 0.3) is 0 Å². The number of nitro groups is 1. The summed E-state index contributed by atoms with van der Waals surface area (Å²) < 4.78 is 0. The SMILES string of the molecule is Cc1cccc(CN(C(=O)Cc2ccccc2[N+](=O)[O-])C(Cc2ccccc2)C(=O)NC(C)(C)C)c1. The van der Waals surface area contributed by atoms with Crippen molar-refractivity contribution in [3.63, 3.8) is 0 Å². The zero-order valence-corrected chi connectivity index (χ0v) is 21.2. The van der Waals surface area contributed by atoms with E-state index < -0.39 is 16.5 Å². The molecule has 188 valence electrons. The Bertz CT molecular complexity index is 1220. The zero-order chi connectivity index (χ0) is 26.3. The molecule has 2 amide bonds. The van der Waals surface area contributed by atoms with Gasteiger partial charge >= 0.3 is 0 Å². The van der Waals surface area contributed by atoms with Crippen LogP contribution in [0.5, 0.6) is 0 Å². The normalized spacial score (nSPS) is 12.0. The Morgan fingerprint density at radius 3 is 2.22 bits per heavy atom. The molecule has 0 heterocycles. The van der Waals surface area contributed by atoms with Crippen molar-refractivity contribution < 1.29 is 14.5 Å². The summed E-state index contributed by atoms with van der Waals surface area (Å²) in [5.74, 6) is -0.620. The van der Waals surface area contributed by atoms with Crippen LogP contribution in [0.2, 0.25) is 0 Å². The first-order valence-corrected chi connectivity index (χ1v) is 12.0. The molecule has 0 radical (unpaired) electrons. The molecule has 36 heavy (non-hydrogen) atoms. The van der Waals surface area contributed by atoms with Crippen LogP contribution in [-0.4, -0.2) is 33.2 Å². The highest BCUT2D eigenvalue weighted by Crippen LogP contribution is 2.22. The molecule has 0 bridgehead atoms. The second-order valence-electron chi connectivity index (χ2n) is 10.0. The van der Waals surface area contributed by atoms with Gasteiger partial charge in [0.05, 0.1) is 11.3 Å². The summed E-state index contributed by atoms with van der Waals surface area (Å²) >= 11 is 0. The van der Waals surface area contributed by atoms with Gasteiger partial charge in [-0.2, -0.15) is 0 Å². The summed E-state index contributed by atoms with van der Waals surface area (Å²) in [5.41, 5.74) is 2.54. The number of hydrogen-bond acceptors (Lipinski definition) is 4. The molecular formula is C29H33N3O4. The number of benzene rings is 3. The maximum Gasteiger partial charge on any atom is 0.273 e. The van der Waals surface area contributed by atoms with E-state index in [1.807, 2.05) is 82.3 Å². The third kappa shape index (κ3) is 7.50. The average Bonchev–Trinajstić information content (AvgIpc) is 2.81. The number of nitrogens with one attached hydrogen (secondary N) is 1. The molecule has 0 saturated carbocycles. The lowest BCUT2D eigenvalue weighted by atomic mass is 9.99. The Labute approximate surface area is 212 Å². The monoisotopic (exact) mass is 487 g/mol. The fraction of sp³-hybridized carbons (Fsp3) is 0.310. The van der Waals surface area contributed by atoms with Crippen molar-refractivity contribution in [2.75, 3.05) is 0 Å². The summed E-state index contributed by atoms with van der Waals surface area (Å²) in [6, 6.07) is 22.7. The fourth-order valence-electron chi connectivity index (χ4n) is 4.12. The summed E-state index contributed by atoms with van der Waals surface area (Å²) in [5, 5.41) is 14.6. The predicted molar refractivity (Wildman–Crippen MR) is 140 cm³/mol. The third-order valence-electron chi connectivity index (χ3n) is 5.73. The average molecular weight is 488 g/mol. The van der Waals surface area contributed by atoms with Crippen LogP contribution in [0, 0.1) is 17.0 Å². The molecule has 3 aromatic rings. The summed E-state index contributed by atoms with van der Waals surface area (Å²) in [6.45, 7) is 7.85. The van der Waals surface area contributed by atoms with Gasteiger partial charge < -0.3 is 10.2 Å². The highest BCUT2D eigenvalue weighted by atomic mass is 16.6. The van der Waals surface area contributed by atoms with E-state index in [0.29, 0.717) is 12.0 Å². The first kappa shape index (κ1) is 26.6. The van der Waals surface area contributed by atoms with Gasteiger partial charge in [0.2, 0.25) is 11.8 Å². The highest BCUT2D eigenvalue weighted by Gasteiger charge is 2.33. The van der Waals surface area contributed by atoms with Gasteiger partial charge in [-0.15, -0.1) is 0 Å². The number of nitro benzene ring substituents is 1. The minimum Gasteiger partial charge on any atom is -0.350 e. The largest absolute Gasteiger partial charge is 0.350 e. The lowest BCUT2D eigenvalue weighted by Gasteiger charge is -2.34. The molecule has 7 nitrogen and oxygen atoms in total. The Morgan fingerprint density at radius 1 is 0.944 bits per heavy atom. The van der Waals surface area contributed by atoms with Crippen molar-refractivity contribution in [1.29, 1.82) is 0 Å². The molecule has 7 heteroatoms. The van der Waals surface area contributed by atoms with Crippen molar-refractivity contribution in [3.8, 4) is 0 Å². The van der Waals surface area contributed by atoms with Gasteiger partial charge in [0, 0.05) is 30.1 Å². The smallest absolute Gasteiger partial charge is 0.273 e. The Morgan fingerprint density at radius 2 is 1.58 bits per heavy atom. The summed E-state index contributed by atoms with van der Waals surface area (Å²) in [4.78, 5) is 40.0. The van der Waals surface area contributed by atoms with Crippen molar-refractivity contribution in [2.45, 2.75) is 58.7 Å². The van der Waals surface area contributed by atoms with E-state index in [2.05, 4.69) is 5.32 Å². The molecule has 0 saturated heterocycles. The molecule has 0 spiro atoms. The molecule has 0 aliphatic heterocycles. The number of amides is 2. The van der Waals surface area contributed by atoms with Gasteiger partial charge in [0.25, 0.3) is 5.69 Å². The first-order chi connectivity index (χ1) is 17.0. The second kappa shape index (κ2) is 11.6. The van der Waals surface area contributed by atoms with Gasteiger partial charge in [-0.05, 0) is 38.8 Å². The van der Waals surface area contributed by atoms with Crippen LogP contribution < -0.4 is 5.32 Å². The lowest BCUT2D eigenvalue weighted by Crippen LogP contribution is -2.54. The highest BCUT2D eigenvalue weighted by molar-refractivity contribution is 5.89. The van der Waals surface area contributed by atoms with Crippen molar-refractivity contribution >= 4 is 17.5 Å². The fourth-order valence-corrected chi connectivity index (χ4v) is 4.12. The standard InChI is InChI=1S/C29H33N3O4/c1-21-11-10-14-23(17-21)20-31(27(33)19-24-15-8-9-16-25(24)32(35)36)26(28(34)30-29(2,3)4)18-22-12-6-5-7-13-22/h5-17,26H,18-20H2,1-4H3,(H,30,34). The number of para-hydroxylation sites is 1. The Balaban J connectivity index is 2.03. The number of carbonyl (C=O) groups excluding carboxylic acids is 2. The third-order valence-corrected chi connectivity index (χ3v) is 5.73. The van der Waals surface area contributed by atoms with Crippen molar-refractivity contribution in [3.05, 3.63) is 111 Å². The minimum atomic E-state index is -0.803. The number of aryl methyl sites for hydroxylation is 1. The number of nitrogens with zero attached hydrogens (tertiary/aromatic N) is 2. The van der Waals surface area contributed by atoms with Crippen LogP contribution in [0.1, 0.15) is 43.0 Å². The Kier molecular flexibility index (Phi) is 8.59. The van der Waals surface area contributed by atoms with E-state index in [0.717, 1.165) is 16.7 Å². The predicted octanol–water partition coefficient (Wildman–Crippen LogP) is 5.00. The van der Waals surface area contributed by atoms with E-state index in [-0.39, 0.29) is 30.5 Å². The molecule has 0 aromatic heterocycles. The van der Waals surface area contributed by atoms with Crippen LogP contribution >= 0.6 is 0 Å². The van der Waals surface area contributed by atoms with Crippen LogP contribution in [0.3, 0.4) is 0 Å². The molecule has 0 fully saturated rings. The van der Waals surface area contributed by atoms with E-state index in [4.69, 9.17) is 0 Å². The van der Waals surface area contributed by atoms with Crippen LogP contribution in [0.4, 0.5) is 5.69 Å². The quantitative estimate of drug-likeness (QED) is 0.340. The van der Waals surface area contributed by atoms with Gasteiger partial charge in [-0.25, -0.2) is 0 Å². The van der Waals surface area contributed by atoms with Gasteiger partial charge in [0.15, 0.2) is 0 Å². The molecule has 3 rings (SSSR count). The van der Waals surface area contributed by atoms with Gasteiger partial charge in [0.1, 0.15) is 6.04 Å². The van der Waals surface area contributed by atoms with Crippen LogP contribution in [-0.2, 0) is 29.0 Å². The second-order valence-corrected chi connectivity index (χ2v) is 10.0. The molecule has 3 aromatic carbocycles. The number of carbonyl (C=O) groups is 2. The molecule has 0 aliphatic carbocycles. The maximum atomic E-state index is 13.8. The lowest BCUT2D eigenvalue weighted by molar-refractivity contribution is -0.385. The maximum absolute atomic E-state index is 13.8. The van der Waals surface area contributed by atoms with E-state index >= 15 is 0 Å². The van der Waals surface area contributed by atoms with E-state index in [1.165, 1.54) is 6.07 Å². The molecule has 1 atom stereocenters. The van der Waals surface area contributed by atoms with Crippen molar-refractivity contribution in [1.82, 2.24) is 10.2 Å². The molecule has 1 unspecified atom stereocenters. The minimum absolute atomic E-state index is 0.111. The first-order valence-electron chi connectivity index (χ1n) is 12.0. The van der Waals surface area contributed by atoms with Crippen molar-refractivity contribution in [2.24, 2.45) is 0 Å². The molecular weight excluding hydrogens is 454 g/mol. The topological polar surface area (TPSA) is 92.6 Å². The number of hydrogen-bond donors (Lipinski definition) is 1. The van der Waals surface area contributed by atoms with E-state index in [9.17, 15) is 19.7 Å². The van der Waals surface area contributed by atoms with Gasteiger partial charge in [-0.3, -0.25) is 19.7 Å².